The molecule has 3 aromatic carbocycles. The van der Waals surface area contributed by atoms with Gasteiger partial charge in [-0.1, -0.05) is 30.3 Å². The zero-order valence-electron chi connectivity index (χ0n) is 18.2. The zero-order valence-corrected chi connectivity index (χ0v) is 19.1. The fourth-order valence-corrected chi connectivity index (χ4v) is 4.79. The number of rotatable bonds is 7. The summed E-state index contributed by atoms with van der Waals surface area (Å²) in [6.45, 7) is 0.403. The lowest BCUT2D eigenvalue weighted by Gasteiger charge is -2.22. The highest BCUT2D eigenvalue weighted by atomic mass is 32.2. The van der Waals surface area contributed by atoms with Crippen LogP contribution in [0.2, 0.25) is 0 Å². The van der Waals surface area contributed by atoms with E-state index in [-0.39, 0.29) is 23.9 Å². The molecule has 7 heteroatoms. The second-order valence-electron chi connectivity index (χ2n) is 7.98. The summed E-state index contributed by atoms with van der Waals surface area (Å²) in [4.78, 5) is 29.2. The van der Waals surface area contributed by atoms with Crippen LogP contribution >= 0.6 is 11.8 Å². The molecule has 34 heavy (non-hydrogen) atoms. The molecule has 0 spiro atoms. The number of halogens is 1. The lowest BCUT2D eigenvalue weighted by molar-refractivity contribution is 0.0921. The molecule has 0 amide bonds. The normalized spacial score (nSPS) is 12.0. The van der Waals surface area contributed by atoms with Crippen molar-refractivity contribution in [1.82, 2.24) is 9.55 Å². The predicted octanol–water partition coefficient (Wildman–Crippen LogP) is 5.16. The molecule has 4 aromatic rings. The number of carbonyl (C=O) groups excluding carboxylic acids is 1. The van der Waals surface area contributed by atoms with Gasteiger partial charge in [-0.15, -0.1) is 11.8 Å². The van der Waals surface area contributed by atoms with Gasteiger partial charge in [0.1, 0.15) is 16.6 Å². The molecule has 0 radical (unpaired) electrons. The van der Waals surface area contributed by atoms with E-state index in [1.807, 2.05) is 36.4 Å². The summed E-state index contributed by atoms with van der Waals surface area (Å²) < 4.78 is 20.5. The van der Waals surface area contributed by atoms with Gasteiger partial charge in [-0.3, -0.25) is 9.36 Å². The fourth-order valence-electron chi connectivity index (χ4n) is 3.95. The summed E-state index contributed by atoms with van der Waals surface area (Å²) in [7, 11) is 0. The first kappa shape index (κ1) is 22.1. The Kier molecular flexibility index (Phi) is 6.27. The van der Waals surface area contributed by atoms with E-state index in [2.05, 4.69) is 17.1 Å². The third kappa shape index (κ3) is 4.79. The van der Waals surface area contributed by atoms with Crippen LogP contribution in [0, 0.1) is 5.82 Å². The summed E-state index contributed by atoms with van der Waals surface area (Å²) in [5.41, 5.74) is 4.18. The molecule has 0 aliphatic carbocycles. The van der Waals surface area contributed by atoms with Crippen LogP contribution in [0.15, 0.2) is 88.7 Å². The molecule has 0 bridgehead atoms. The third-order valence-electron chi connectivity index (χ3n) is 5.71. The molecule has 0 saturated heterocycles. The van der Waals surface area contributed by atoms with E-state index in [4.69, 9.17) is 4.74 Å². The van der Waals surface area contributed by atoms with Gasteiger partial charge in [-0.05, 0) is 66.1 Å². The Balaban J connectivity index is 1.33. The fraction of sp³-hybridized carbons (Fsp3) is 0.148. The Bertz CT molecular complexity index is 1400. The summed E-state index contributed by atoms with van der Waals surface area (Å²) >= 11 is 1.54. The Morgan fingerprint density at radius 2 is 1.82 bits per heavy atom. The summed E-state index contributed by atoms with van der Waals surface area (Å²) in [5, 5.41) is 0.693. The molecule has 0 N–H and O–H groups in total. The Morgan fingerprint density at radius 3 is 2.62 bits per heavy atom. The van der Waals surface area contributed by atoms with E-state index >= 15 is 0 Å². The number of benzene rings is 3. The van der Waals surface area contributed by atoms with Crippen LogP contribution in [-0.2, 0) is 18.7 Å². The maximum atomic E-state index is 13.1. The van der Waals surface area contributed by atoms with Gasteiger partial charge in [-0.2, -0.15) is 4.98 Å². The summed E-state index contributed by atoms with van der Waals surface area (Å²) in [6, 6.07) is 23.1. The minimum absolute atomic E-state index is 0.134. The number of ether oxygens (including phenoxy) is 1. The lowest BCUT2D eigenvalue weighted by Crippen LogP contribution is -2.28. The first-order valence-electron chi connectivity index (χ1n) is 10.9. The number of carbonyl (C=O) groups is 1. The van der Waals surface area contributed by atoms with Crippen molar-refractivity contribution in [1.29, 1.82) is 0 Å². The molecule has 0 unspecified atom stereocenters. The van der Waals surface area contributed by atoms with E-state index in [0.717, 1.165) is 22.6 Å². The SMILES string of the molecule is O=C(COc1ccc2c(c1)CCn1c-2cc(SCc2ccccc2)nc1=O)c1ccc(F)cc1. The molecule has 1 aliphatic rings. The second-order valence-corrected chi connectivity index (χ2v) is 8.97. The van der Waals surface area contributed by atoms with Crippen molar-refractivity contribution in [2.24, 2.45) is 0 Å². The number of aryl methyl sites for hydroxylation is 1. The maximum Gasteiger partial charge on any atom is 0.349 e. The lowest BCUT2D eigenvalue weighted by atomic mass is 9.97. The maximum absolute atomic E-state index is 13.1. The monoisotopic (exact) mass is 472 g/mol. The number of fused-ring (bicyclic) bond motifs is 3. The van der Waals surface area contributed by atoms with Gasteiger partial charge in [-0.25, -0.2) is 9.18 Å². The number of hydrogen-bond acceptors (Lipinski definition) is 5. The van der Waals surface area contributed by atoms with Crippen LogP contribution in [0.3, 0.4) is 0 Å². The molecule has 0 fully saturated rings. The molecule has 170 valence electrons. The molecule has 5 rings (SSSR count). The Morgan fingerprint density at radius 1 is 1.03 bits per heavy atom. The average molecular weight is 473 g/mol. The first-order valence-corrected chi connectivity index (χ1v) is 11.9. The predicted molar refractivity (Wildman–Crippen MR) is 130 cm³/mol. The highest BCUT2D eigenvalue weighted by molar-refractivity contribution is 7.98. The van der Waals surface area contributed by atoms with Gasteiger partial charge in [0, 0.05) is 23.4 Å². The quantitative estimate of drug-likeness (QED) is 0.211. The van der Waals surface area contributed by atoms with Crippen molar-refractivity contribution in [2.75, 3.05) is 6.61 Å². The third-order valence-corrected chi connectivity index (χ3v) is 6.69. The average Bonchev–Trinajstić information content (AvgIpc) is 2.87. The van der Waals surface area contributed by atoms with Crippen LogP contribution in [0.4, 0.5) is 4.39 Å². The van der Waals surface area contributed by atoms with Crippen LogP contribution in [0.1, 0.15) is 21.5 Å². The molecule has 2 heterocycles. The van der Waals surface area contributed by atoms with Crippen molar-refractivity contribution < 1.29 is 13.9 Å². The van der Waals surface area contributed by atoms with Crippen molar-refractivity contribution in [3.8, 4) is 17.0 Å². The number of Topliss-reactive ketones (excluding diaryl/α,β-unsaturated/α-hetero) is 1. The molecule has 0 saturated carbocycles. The second kappa shape index (κ2) is 9.65. The van der Waals surface area contributed by atoms with Gasteiger partial charge in [0.25, 0.3) is 0 Å². The smallest absolute Gasteiger partial charge is 0.349 e. The van der Waals surface area contributed by atoms with E-state index < -0.39 is 0 Å². The van der Waals surface area contributed by atoms with Gasteiger partial charge >= 0.3 is 5.69 Å². The standard InChI is InChI=1S/C27H21FN2O3S/c28-21-8-6-19(7-9-21)25(31)16-33-22-10-11-23-20(14-22)12-13-30-24(23)15-26(29-27(30)32)34-17-18-4-2-1-3-5-18/h1-11,14-15H,12-13,16-17H2. The van der Waals surface area contributed by atoms with E-state index in [1.165, 1.54) is 41.6 Å². The minimum atomic E-state index is -0.386. The largest absolute Gasteiger partial charge is 0.485 e. The molecule has 1 aliphatic heterocycles. The van der Waals surface area contributed by atoms with E-state index in [9.17, 15) is 14.0 Å². The van der Waals surface area contributed by atoms with Gasteiger partial charge < -0.3 is 4.74 Å². The van der Waals surface area contributed by atoms with E-state index in [1.54, 1.807) is 10.6 Å². The minimum Gasteiger partial charge on any atom is -0.485 e. The molecule has 0 atom stereocenters. The van der Waals surface area contributed by atoms with Crippen molar-refractivity contribution in [3.63, 3.8) is 0 Å². The summed E-state index contributed by atoms with van der Waals surface area (Å²) in [5.74, 6) is 0.709. The Hall–Kier alpha value is -3.71. The number of aromatic nitrogens is 2. The molecular formula is C27H21FN2O3S. The molecule has 5 nitrogen and oxygen atoms in total. The molecular weight excluding hydrogens is 451 g/mol. The van der Waals surface area contributed by atoms with Gasteiger partial charge in [0.05, 0.1) is 5.69 Å². The highest BCUT2D eigenvalue weighted by Gasteiger charge is 2.20. The van der Waals surface area contributed by atoms with Crippen molar-refractivity contribution in [2.45, 2.75) is 23.7 Å². The van der Waals surface area contributed by atoms with Crippen LogP contribution in [0.5, 0.6) is 5.75 Å². The van der Waals surface area contributed by atoms with Crippen molar-refractivity contribution >= 4 is 17.5 Å². The van der Waals surface area contributed by atoms with Gasteiger partial charge in [0.2, 0.25) is 0 Å². The Labute approximate surface area is 200 Å². The van der Waals surface area contributed by atoms with Crippen LogP contribution < -0.4 is 10.4 Å². The molecule has 1 aromatic heterocycles. The number of ketones is 1. The number of thioether (sulfide) groups is 1. The first-order chi connectivity index (χ1) is 16.6. The van der Waals surface area contributed by atoms with Crippen molar-refractivity contribution in [3.05, 3.63) is 112 Å². The van der Waals surface area contributed by atoms with Gasteiger partial charge in [0.15, 0.2) is 12.4 Å². The highest BCUT2D eigenvalue weighted by Crippen LogP contribution is 2.33. The summed E-state index contributed by atoms with van der Waals surface area (Å²) in [6.07, 6.45) is 0.670. The van der Waals surface area contributed by atoms with E-state index in [0.29, 0.717) is 29.3 Å². The van der Waals surface area contributed by atoms with Crippen LogP contribution in [0.25, 0.3) is 11.3 Å². The topological polar surface area (TPSA) is 61.2 Å². The number of hydrogen-bond donors (Lipinski definition) is 0. The van der Waals surface area contributed by atoms with Crippen LogP contribution in [-0.4, -0.2) is 21.9 Å². The number of nitrogens with zero attached hydrogens (tertiary/aromatic N) is 2. The zero-order chi connectivity index (χ0) is 23.5.